The van der Waals surface area contributed by atoms with Crippen molar-refractivity contribution in [2.45, 2.75) is 26.2 Å². The van der Waals surface area contributed by atoms with Gasteiger partial charge in [-0.15, -0.1) is 0 Å². The molecule has 2 nitrogen and oxygen atoms in total. The molecule has 0 spiro atoms. The minimum Gasteiger partial charge on any atom is -0.497 e. The van der Waals surface area contributed by atoms with E-state index in [1.165, 1.54) is 16.7 Å². The highest BCUT2D eigenvalue weighted by Gasteiger charge is 2.06. The van der Waals surface area contributed by atoms with Crippen LogP contribution in [0, 0.1) is 0 Å². The fourth-order valence-corrected chi connectivity index (χ4v) is 2.65. The molecular formula is C20H24O2. The minimum absolute atomic E-state index is 0.880. The molecule has 22 heavy (non-hydrogen) atoms. The molecule has 0 atom stereocenters. The molecule has 2 aromatic rings. The monoisotopic (exact) mass is 296 g/mol. The van der Waals surface area contributed by atoms with E-state index in [9.17, 15) is 0 Å². The van der Waals surface area contributed by atoms with Gasteiger partial charge in [-0.05, 0) is 61.1 Å². The van der Waals surface area contributed by atoms with Gasteiger partial charge in [0.05, 0.1) is 14.2 Å². The van der Waals surface area contributed by atoms with Gasteiger partial charge in [-0.2, -0.15) is 0 Å². The van der Waals surface area contributed by atoms with Crippen LogP contribution in [-0.4, -0.2) is 14.2 Å². The molecule has 0 saturated carbocycles. The Hall–Kier alpha value is -2.22. The predicted molar refractivity (Wildman–Crippen MR) is 92.7 cm³/mol. The van der Waals surface area contributed by atoms with Crippen LogP contribution in [0.25, 0.3) is 6.08 Å². The fourth-order valence-electron chi connectivity index (χ4n) is 2.65. The standard InChI is InChI=1S/C20H24O2/c1-4-8-16-9-5-6-10-17(16)11-7-12-18-15-19(21-2)13-14-20(18)22-3/h4-6,8-10,13-15H,7,11-12H2,1-3H3/b8-4+. The summed E-state index contributed by atoms with van der Waals surface area (Å²) in [6.07, 6.45) is 7.37. The van der Waals surface area contributed by atoms with Gasteiger partial charge in [-0.1, -0.05) is 36.4 Å². The highest BCUT2D eigenvalue weighted by molar-refractivity contribution is 5.53. The molecule has 0 amide bonds. The van der Waals surface area contributed by atoms with E-state index < -0.39 is 0 Å². The van der Waals surface area contributed by atoms with Crippen molar-refractivity contribution in [3.8, 4) is 11.5 Å². The maximum absolute atomic E-state index is 5.44. The zero-order valence-corrected chi connectivity index (χ0v) is 13.6. The minimum atomic E-state index is 0.880. The average molecular weight is 296 g/mol. The summed E-state index contributed by atoms with van der Waals surface area (Å²) >= 11 is 0. The SMILES string of the molecule is C/C=C/c1ccccc1CCCc1cc(OC)ccc1OC. The second-order valence-electron chi connectivity index (χ2n) is 5.23. The fraction of sp³-hybridized carbons (Fsp3) is 0.300. The van der Waals surface area contributed by atoms with Crippen LogP contribution >= 0.6 is 0 Å². The molecule has 2 aromatic carbocycles. The van der Waals surface area contributed by atoms with Crippen molar-refractivity contribution < 1.29 is 9.47 Å². The highest BCUT2D eigenvalue weighted by atomic mass is 16.5. The first-order valence-corrected chi connectivity index (χ1v) is 7.70. The van der Waals surface area contributed by atoms with Crippen molar-refractivity contribution in [2.24, 2.45) is 0 Å². The van der Waals surface area contributed by atoms with Crippen molar-refractivity contribution >= 4 is 6.08 Å². The molecule has 0 aromatic heterocycles. The molecule has 0 heterocycles. The van der Waals surface area contributed by atoms with Gasteiger partial charge in [0.25, 0.3) is 0 Å². The predicted octanol–water partition coefficient (Wildman–Crippen LogP) is 4.91. The van der Waals surface area contributed by atoms with Crippen LogP contribution in [0.1, 0.15) is 30.0 Å². The largest absolute Gasteiger partial charge is 0.497 e. The van der Waals surface area contributed by atoms with E-state index in [1.807, 2.05) is 12.1 Å². The quantitative estimate of drug-likeness (QED) is 0.722. The van der Waals surface area contributed by atoms with E-state index in [2.05, 4.69) is 49.4 Å². The Kier molecular flexibility index (Phi) is 6.08. The summed E-state index contributed by atoms with van der Waals surface area (Å²) in [6.45, 7) is 2.05. The summed E-state index contributed by atoms with van der Waals surface area (Å²) in [5.74, 6) is 1.81. The number of aryl methyl sites for hydroxylation is 2. The lowest BCUT2D eigenvalue weighted by atomic mass is 9.99. The van der Waals surface area contributed by atoms with Crippen LogP contribution in [0.5, 0.6) is 11.5 Å². The summed E-state index contributed by atoms with van der Waals surface area (Å²) in [7, 11) is 3.41. The maximum atomic E-state index is 5.44. The summed E-state index contributed by atoms with van der Waals surface area (Å²) in [4.78, 5) is 0. The first kappa shape index (κ1) is 16.2. The van der Waals surface area contributed by atoms with Gasteiger partial charge in [0, 0.05) is 0 Å². The number of rotatable bonds is 7. The highest BCUT2D eigenvalue weighted by Crippen LogP contribution is 2.26. The van der Waals surface area contributed by atoms with Crippen LogP contribution < -0.4 is 9.47 Å². The summed E-state index contributed by atoms with van der Waals surface area (Å²) < 4.78 is 10.7. The third kappa shape index (κ3) is 4.14. The van der Waals surface area contributed by atoms with Crippen molar-refractivity contribution in [1.29, 1.82) is 0 Å². The first-order chi connectivity index (χ1) is 10.8. The van der Waals surface area contributed by atoms with E-state index in [1.54, 1.807) is 14.2 Å². The molecule has 0 fully saturated rings. The van der Waals surface area contributed by atoms with Gasteiger partial charge < -0.3 is 9.47 Å². The molecule has 116 valence electrons. The van der Waals surface area contributed by atoms with Crippen molar-refractivity contribution in [3.05, 3.63) is 65.2 Å². The van der Waals surface area contributed by atoms with Crippen LogP contribution in [-0.2, 0) is 12.8 Å². The van der Waals surface area contributed by atoms with Gasteiger partial charge in [-0.25, -0.2) is 0 Å². The van der Waals surface area contributed by atoms with Gasteiger partial charge in [0.2, 0.25) is 0 Å². The lowest BCUT2D eigenvalue weighted by Gasteiger charge is -2.11. The lowest BCUT2D eigenvalue weighted by molar-refractivity contribution is 0.398. The summed E-state index contributed by atoms with van der Waals surface area (Å²) in [5, 5.41) is 0. The first-order valence-electron chi connectivity index (χ1n) is 7.70. The molecule has 0 bridgehead atoms. The average Bonchev–Trinajstić information content (AvgIpc) is 2.56. The summed E-state index contributed by atoms with van der Waals surface area (Å²) in [5.41, 5.74) is 3.90. The van der Waals surface area contributed by atoms with Crippen LogP contribution in [0.15, 0.2) is 48.5 Å². The number of methoxy groups -OCH3 is 2. The molecule has 0 aliphatic rings. The Bertz CT molecular complexity index is 629. The normalized spacial score (nSPS) is 10.9. The van der Waals surface area contributed by atoms with E-state index in [-0.39, 0.29) is 0 Å². The van der Waals surface area contributed by atoms with E-state index in [0.717, 1.165) is 30.8 Å². The van der Waals surface area contributed by atoms with Gasteiger partial charge in [0.15, 0.2) is 0 Å². The van der Waals surface area contributed by atoms with E-state index >= 15 is 0 Å². The third-order valence-corrected chi connectivity index (χ3v) is 3.78. The molecule has 2 rings (SSSR count). The van der Waals surface area contributed by atoms with Crippen molar-refractivity contribution in [1.82, 2.24) is 0 Å². The van der Waals surface area contributed by atoms with Gasteiger partial charge >= 0.3 is 0 Å². The number of hydrogen-bond donors (Lipinski definition) is 0. The second kappa shape index (κ2) is 8.28. The van der Waals surface area contributed by atoms with Gasteiger partial charge in [-0.3, -0.25) is 0 Å². The number of allylic oxidation sites excluding steroid dienone is 1. The Balaban J connectivity index is 2.05. The topological polar surface area (TPSA) is 18.5 Å². The Morgan fingerprint density at radius 2 is 1.68 bits per heavy atom. The number of benzene rings is 2. The Morgan fingerprint density at radius 1 is 0.909 bits per heavy atom. The third-order valence-electron chi connectivity index (χ3n) is 3.78. The number of ether oxygens (including phenoxy) is 2. The Labute approximate surface area is 133 Å². The molecular weight excluding hydrogens is 272 g/mol. The second-order valence-corrected chi connectivity index (χ2v) is 5.23. The molecule has 0 saturated heterocycles. The van der Waals surface area contributed by atoms with E-state index in [4.69, 9.17) is 9.47 Å². The molecule has 2 heteroatoms. The van der Waals surface area contributed by atoms with Gasteiger partial charge in [0.1, 0.15) is 11.5 Å². The lowest BCUT2D eigenvalue weighted by Crippen LogP contribution is -1.96. The molecule has 0 N–H and O–H groups in total. The van der Waals surface area contributed by atoms with E-state index in [0.29, 0.717) is 0 Å². The van der Waals surface area contributed by atoms with Crippen LogP contribution in [0.4, 0.5) is 0 Å². The zero-order valence-electron chi connectivity index (χ0n) is 13.6. The summed E-state index contributed by atoms with van der Waals surface area (Å²) in [6, 6.07) is 14.5. The van der Waals surface area contributed by atoms with Crippen LogP contribution in [0.2, 0.25) is 0 Å². The van der Waals surface area contributed by atoms with Crippen molar-refractivity contribution in [3.63, 3.8) is 0 Å². The number of hydrogen-bond acceptors (Lipinski definition) is 2. The maximum Gasteiger partial charge on any atom is 0.122 e. The molecule has 0 aliphatic heterocycles. The zero-order chi connectivity index (χ0) is 15.8. The van der Waals surface area contributed by atoms with Crippen LogP contribution in [0.3, 0.4) is 0 Å². The Morgan fingerprint density at radius 3 is 2.41 bits per heavy atom. The molecule has 0 unspecified atom stereocenters. The molecule has 0 aliphatic carbocycles. The molecule has 0 radical (unpaired) electrons. The van der Waals surface area contributed by atoms with Crippen molar-refractivity contribution in [2.75, 3.05) is 14.2 Å². The smallest absolute Gasteiger partial charge is 0.122 e.